The molecule has 0 aliphatic carbocycles. The van der Waals surface area contributed by atoms with Crippen LogP contribution in [0, 0.1) is 6.92 Å². The third kappa shape index (κ3) is 4.15. The van der Waals surface area contributed by atoms with Crippen LogP contribution >= 0.6 is 0 Å². The molecule has 1 saturated heterocycles. The molecule has 1 atom stereocenters. The van der Waals surface area contributed by atoms with Crippen molar-refractivity contribution in [1.82, 2.24) is 24.9 Å². The maximum absolute atomic E-state index is 12.3. The quantitative estimate of drug-likeness (QED) is 0.872. The number of rotatable bonds is 5. The Bertz CT molecular complexity index is 666. The summed E-state index contributed by atoms with van der Waals surface area (Å²) in [6, 6.07) is 3.46. The fourth-order valence-electron chi connectivity index (χ4n) is 2.76. The highest BCUT2D eigenvalue weighted by molar-refractivity contribution is 5.93. The van der Waals surface area contributed by atoms with E-state index in [-0.39, 0.29) is 11.9 Å². The van der Waals surface area contributed by atoms with Gasteiger partial charge in [0.05, 0.1) is 18.3 Å². The van der Waals surface area contributed by atoms with Crippen molar-refractivity contribution >= 4 is 11.9 Å². The summed E-state index contributed by atoms with van der Waals surface area (Å²) in [5.41, 5.74) is 0.900. The van der Waals surface area contributed by atoms with E-state index < -0.39 is 0 Å². The molecule has 8 nitrogen and oxygen atoms in total. The second-order valence-electron chi connectivity index (χ2n) is 5.98. The van der Waals surface area contributed by atoms with Gasteiger partial charge in [-0.2, -0.15) is 0 Å². The van der Waals surface area contributed by atoms with Crippen molar-refractivity contribution in [2.24, 2.45) is 0 Å². The zero-order chi connectivity index (χ0) is 16.9. The van der Waals surface area contributed by atoms with Crippen LogP contribution in [-0.2, 0) is 11.3 Å². The van der Waals surface area contributed by atoms with Gasteiger partial charge in [-0.05, 0) is 19.9 Å². The molecule has 1 unspecified atom stereocenters. The number of aromatic nitrogens is 3. The number of carbonyl (C=O) groups is 1. The van der Waals surface area contributed by atoms with Crippen molar-refractivity contribution in [2.75, 3.05) is 31.5 Å². The topological polar surface area (TPSA) is 87.4 Å². The summed E-state index contributed by atoms with van der Waals surface area (Å²) in [7, 11) is 0. The number of anilines is 1. The summed E-state index contributed by atoms with van der Waals surface area (Å²) in [6.07, 6.45) is 3.22. The largest absolute Gasteiger partial charge is 0.360 e. The highest BCUT2D eigenvalue weighted by Gasteiger charge is 2.26. The normalized spacial score (nSPS) is 17.6. The van der Waals surface area contributed by atoms with E-state index in [1.165, 1.54) is 0 Å². The molecule has 2 aromatic heterocycles. The van der Waals surface area contributed by atoms with Gasteiger partial charge in [-0.1, -0.05) is 5.16 Å². The number of carbonyl (C=O) groups excluding carboxylic acids is 1. The Labute approximate surface area is 140 Å². The third-order valence-corrected chi connectivity index (χ3v) is 4.19. The summed E-state index contributed by atoms with van der Waals surface area (Å²) in [4.78, 5) is 24.8. The molecule has 3 heterocycles. The van der Waals surface area contributed by atoms with E-state index in [0.717, 1.165) is 44.2 Å². The van der Waals surface area contributed by atoms with Gasteiger partial charge in [0, 0.05) is 44.6 Å². The molecule has 8 heteroatoms. The maximum Gasteiger partial charge on any atom is 0.243 e. The zero-order valence-corrected chi connectivity index (χ0v) is 14.0. The van der Waals surface area contributed by atoms with Crippen molar-refractivity contribution in [3.05, 3.63) is 36.0 Å². The average Bonchev–Trinajstić information content (AvgIpc) is 3.00. The van der Waals surface area contributed by atoms with Gasteiger partial charge in [-0.25, -0.2) is 9.97 Å². The number of piperazine rings is 1. The lowest BCUT2D eigenvalue weighted by atomic mass is 10.2. The molecule has 24 heavy (non-hydrogen) atoms. The molecule has 1 aliphatic rings. The van der Waals surface area contributed by atoms with Crippen LogP contribution in [0.3, 0.4) is 0 Å². The Morgan fingerprint density at radius 2 is 2.00 bits per heavy atom. The minimum Gasteiger partial charge on any atom is -0.360 e. The molecule has 0 saturated carbocycles. The van der Waals surface area contributed by atoms with Crippen LogP contribution in [0.1, 0.15) is 18.4 Å². The Balaban J connectivity index is 1.47. The first-order valence-electron chi connectivity index (χ1n) is 8.08. The van der Waals surface area contributed by atoms with E-state index in [9.17, 15) is 4.79 Å². The summed E-state index contributed by atoms with van der Waals surface area (Å²) < 4.78 is 5.26. The number of amides is 1. The molecule has 1 aliphatic heterocycles. The SMILES string of the molecule is Cc1cc(CN2CCN(C(C)C(=O)Nc3ncccn3)CC2)on1. The molecule has 0 spiro atoms. The molecule has 1 amide bonds. The van der Waals surface area contributed by atoms with Crippen LogP contribution in [0.4, 0.5) is 5.95 Å². The fraction of sp³-hybridized carbons (Fsp3) is 0.500. The van der Waals surface area contributed by atoms with Gasteiger partial charge in [-0.15, -0.1) is 0 Å². The lowest BCUT2D eigenvalue weighted by Gasteiger charge is -2.36. The lowest BCUT2D eigenvalue weighted by Crippen LogP contribution is -2.52. The van der Waals surface area contributed by atoms with Crippen molar-refractivity contribution < 1.29 is 9.32 Å². The van der Waals surface area contributed by atoms with Crippen LogP contribution in [0.2, 0.25) is 0 Å². The monoisotopic (exact) mass is 330 g/mol. The number of nitrogens with zero attached hydrogens (tertiary/aromatic N) is 5. The average molecular weight is 330 g/mol. The van der Waals surface area contributed by atoms with E-state index in [2.05, 4.69) is 30.2 Å². The highest BCUT2D eigenvalue weighted by atomic mass is 16.5. The van der Waals surface area contributed by atoms with Crippen molar-refractivity contribution in [3.8, 4) is 0 Å². The van der Waals surface area contributed by atoms with Crippen LogP contribution in [0.25, 0.3) is 0 Å². The predicted molar refractivity (Wildman–Crippen MR) is 88.2 cm³/mol. The van der Waals surface area contributed by atoms with E-state index in [1.807, 2.05) is 19.9 Å². The van der Waals surface area contributed by atoms with Gasteiger partial charge in [0.15, 0.2) is 5.76 Å². The number of nitrogens with one attached hydrogen (secondary N) is 1. The Kier molecular flexibility index (Phi) is 5.17. The predicted octanol–water partition coefficient (Wildman–Crippen LogP) is 0.918. The smallest absolute Gasteiger partial charge is 0.243 e. The summed E-state index contributed by atoms with van der Waals surface area (Å²) in [5.74, 6) is 1.14. The Hall–Kier alpha value is -2.32. The molecule has 0 radical (unpaired) electrons. The van der Waals surface area contributed by atoms with Crippen molar-refractivity contribution in [1.29, 1.82) is 0 Å². The van der Waals surface area contributed by atoms with Gasteiger partial charge in [-0.3, -0.25) is 19.9 Å². The summed E-state index contributed by atoms with van der Waals surface area (Å²) in [6.45, 7) is 8.02. The Morgan fingerprint density at radius 3 is 2.62 bits per heavy atom. The van der Waals surface area contributed by atoms with Crippen LogP contribution in [-0.4, -0.2) is 63.1 Å². The Morgan fingerprint density at radius 1 is 1.29 bits per heavy atom. The maximum atomic E-state index is 12.3. The molecule has 1 fully saturated rings. The molecular weight excluding hydrogens is 308 g/mol. The number of aryl methyl sites for hydroxylation is 1. The third-order valence-electron chi connectivity index (χ3n) is 4.19. The lowest BCUT2D eigenvalue weighted by molar-refractivity contribution is -0.121. The molecule has 1 N–H and O–H groups in total. The molecule has 128 valence electrons. The van der Waals surface area contributed by atoms with Crippen molar-refractivity contribution in [2.45, 2.75) is 26.4 Å². The number of hydrogen-bond donors (Lipinski definition) is 1. The first-order valence-corrected chi connectivity index (χ1v) is 8.08. The molecular formula is C16H22N6O2. The van der Waals surface area contributed by atoms with E-state index in [0.29, 0.717) is 5.95 Å². The molecule has 2 aromatic rings. The first kappa shape index (κ1) is 16.5. The second kappa shape index (κ2) is 7.50. The molecule has 3 rings (SSSR count). The molecule has 0 bridgehead atoms. The van der Waals surface area contributed by atoms with E-state index >= 15 is 0 Å². The van der Waals surface area contributed by atoms with Gasteiger partial charge in [0.25, 0.3) is 0 Å². The standard InChI is InChI=1S/C16H22N6O2/c1-12-10-14(24-20-12)11-21-6-8-22(9-7-21)13(2)15(23)19-16-17-4-3-5-18-16/h3-5,10,13H,6-9,11H2,1-2H3,(H,17,18,19,23). The minimum absolute atomic E-state index is 0.0829. The first-order chi connectivity index (χ1) is 11.6. The molecule has 0 aromatic carbocycles. The van der Waals surface area contributed by atoms with Gasteiger partial charge in [0.1, 0.15) is 0 Å². The van der Waals surface area contributed by atoms with Crippen LogP contribution < -0.4 is 5.32 Å². The van der Waals surface area contributed by atoms with E-state index in [4.69, 9.17) is 4.52 Å². The van der Waals surface area contributed by atoms with Crippen LogP contribution in [0.5, 0.6) is 0 Å². The summed E-state index contributed by atoms with van der Waals surface area (Å²) in [5, 5.41) is 6.66. The second-order valence-corrected chi connectivity index (χ2v) is 5.98. The number of hydrogen-bond acceptors (Lipinski definition) is 7. The van der Waals surface area contributed by atoms with Gasteiger partial charge in [0.2, 0.25) is 11.9 Å². The van der Waals surface area contributed by atoms with Crippen molar-refractivity contribution in [3.63, 3.8) is 0 Å². The zero-order valence-electron chi connectivity index (χ0n) is 14.0. The highest BCUT2D eigenvalue weighted by Crippen LogP contribution is 2.12. The van der Waals surface area contributed by atoms with Crippen LogP contribution in [0.15, 0.2) is 29.0 Å². The van der Waals surface area contributed by atoms with Gasteiger partial charge >= 0.3 is 0 Å². The fourth-order valence-corrected chi connectivity index (χ4v) is 2.76. The summed E-state index contributed by atoms with van der Waals surface area (Å²) >= 11 is 0. The minimum atomic E-state index is -0.219. The van der Waals surface area contributed by atoms with E-state index in [1.54, 1.807) is 18.5 Å². The van der Waals surface area contributed by atoms with Gasteiger partial charge < -0.3 is 4.52 Å².